The summed E-state index contributed by atoms with van der Waals surface area (Å²) in [6, 6.07) is 13.8. The number of sulfonamides is 4. The molecule has 364 valence electrons. The third kappa shape index (κ3) is 10.7. The minimum Gasteiger partial charge on any atom is -0.496 e. The molecule has 0 atom stereocenters. The Balaban J connectivity index is 1.42. The summed E-state index contributed by atoms with van der Waals surface area (Å²) in [6.07, 6.45) is 0.795. The van der Waals surface area contributed by atoms with E-state index < -0.39 is 120 Å². The largest absolute Gasteiger partial charge is 0.496 e. The van der Waals surface area contributed by atoms with Gasteiger partial charge in [0, 0.05) is 48.0 Å². The van der Waals surface area contributed by atoms with E-state index in [-0.39, 0.29) is 45.5 Å². The Morgan fingerprint density at radius 3 is 1.42 bits per heavy atom. The van der Waals surface area contributed by atoms with Gasteiger partial charge in [-0.2, -0.15) is 16.8 Å². The van der Waals surface area contributed by atoms with Crippen molar-refractivity contribution in [2.75, 3.05) is 13.7 Å². The maximum absolute atomic E-state index is 14.9. The lowest BCUT2D eigenvalue weighted by molar-refractivity contribution is -0.385. The van der Waals surface area contributed by atoms with Crippen molar-refractivity contribution in [3.8, 4) is 5.75 Å². The van der Waals surface area contributed by atoms with Gasteiger partial charge >= 0.3 is 6.03 Å². The van der Waals surface area contributed by atoms with Crippen LogP contribution in [0.1, 0.15) is 48.0 Å². The van der Waals surface area contributed by atoms with Crippen molar-refractivity contribution < 1.29 is 62.8 Å². The number of methoxy groups -OCH3 is 1. The van der Waals surface area contributed by atoms with Crippen molar-refractivity contribution in [1.29, 1.82) is 0 Å². The number of ether oxygens (including phenoxy) is 1. The quantitative estimate of drug-likeness (QED) is 0.0693. The van der Waals surface area contributed by atoms with Crippen molar-refractivity contribution in [2.24, 2.45) is 0 Å². The van der Waals surface area contributed by atoms with Gasteiger partial charge in [-0.1, -0.05) is 43.0 Å². The molecule has 5 aromatic rings. The van der Waals surface area contributed by atoms with Gasteiger partial charge in [-0.15, -0.1) is 3.71 Å². The number of benzene rings is 5. The Morgan fingerprint density at radius 1 is 0.594 bits per heavy atom. The highest BCUT2D eigenvalue weighted by atomic mass is 35.5. The molecule has 0 radical (unpaired) electrons. The molecule has 0 aromatic heterocycles. The molecule has 1 fully saturated rings. The lowest BCUT2D eigenvalue weighted by Gasteiger charge is -2.36. The molecule has 6 rings (SSSR count). The molecule has 23 nitrogen and oxygen atoms in total. The van der Waals surface area contributed by atoms with Gasteiger partial charge in [-0.25, -0.2) is 30.2 Å². The van der Waals surface area contributed by atoms with E-state index in [2.05, 4.69) is 0 Å². The number of carbonyl (C=O) groups is 2. The fourth-order valence-corrected chi connectivity index (χ4v) is 13.9. The molecule has 0 heterocycles. The second-order valence-corrected chi connectivity index (χ2v) is 22.9. The SMILES string of the molecule is COc1ccc(Cl)cc1C(=O)N(CCc1ccc(S(=O)(=O)N(C(=O)N(C2CCCCC2)S(=O)(=O)c2ccc([N+](=O)[O-])cc2)S(=O)(=O)c2ccc([N+](=O)[O-])cc2)cc1)S(=O)(=O)c1ccc([N+](=O)[O-])cc1. The normalized spacial score (nSPS) is 13.5. The van der Waals surface area contributed by atoms with Gasteiger partial charge in [0.1, 0.15) is 5.75 Å². The highest BCUT2D eigenvalue weighted by Crippen LogP contribution is 2.35. The predicted molar refractivity (Wildman–Crippen MR) is 243 cm³/mol. The first-order valence-electron chi connectivity index (χ1n) is 20.0. The zero-order valence-electron chi connectivity index (χ0n) is 35.6. The fourth-order valence-electron chi connectivity index (χ4n) is 7.21. The average Bonchev–Trinajstić information content (AvgIpc) is 3.31. The Hall–Kier alpha value is -7.07. The Kier molecular flexibility index (Phi) is 15.1. The van der Waals surface area contributed by atoms with E-state index in [1.54, 1.807) is 0 Å². The molecule has 0 N–H and O–H groups in total. The molecule has 3 amide bonds. The molecular weight excluding hydrogens is 1010 g/mol. The summed E-state index contributed by atoms with van der Waals surface area (Å²) in [5, 5.41) is 34.1. The van der Waals surface area contributed by atoms with Crippen LogP contribution in [0.2, 0.25) is 5.02 Å². The first kappa shape index (κ1) is 51.3. The lowest BCUT2D eigenvalue weighted by atomic mass is 9.96. The Labute approximate surface area is 399 Å². The molecule has 1 aliphatic rings. The summed E-state index contributed by atoms with van der Waals surface area (Å²) >= 11 is 6.14. The number of urea groups is 1. The summed E-state index contributed by atoms with van der Waals surface area (Å²) in [4.78, 5) is 57.4. The maximum Gasteiger partial charge on any atom is 0.362 e. The maximum atomic E-state index is 14.9. The van der Waals surface area contributed by atoms with Gasteiger partial charge in [0.15, 0.2) is 0 Å². The number of halogens is 1. The Bertz CT molecular complexity index is 3280. The van der Waals surface area contributed by atoms with Crippen LogP contribution in [0.25, 0.3) is 0 Å². The number of hydrogen-bond donors (Lipinski definition) is 0. The highest BCUT2D eigenvalue weighted by Gasteiger charge is 2.49. The molecule has 1 saturated carbocycles. The topological polar surface area (TPSA) is 319 Å². The van der Waals surface area contributed by atoms with Gasteiger partial charge in [-0.3, -0.25) is 35.1 Å². The van der Waals surface area contributed by atoms with Crippen LogP contribution in [-0.2, 0) is 46.5 Å². The third-order valence-corrected chi connectivity index (χ3v) is 18.7. The van der Waals surface area contributed by atoms with Crippen LogP contribution >= 0.6 is 11.6 Å². The number of non-ortho nitro benzene ring substituents is 3. The van der Waals surface area contributed by atoms with Crippen molar-refractivity contribution >= 4 is 80.7 Å². The summed E-state index contributed by atoms with van der Waals surface area (Å²) in [7, 11) is -20.3. The molecular formula is C41H37ClN6O17S4. The van der Waals surface area contributed by atoms with Gasteiger partial charge in [0.2, 0.25) is 0 Å². The molecule has 1 aliphatic carbocycles. The first-order chi connectivity index (χ1) is 32.4. The van der Waals surface area contributed by atoms with E-state index in [9.17, 15) is 73.6 Å². The zero-order chi connectivity index (χ0) is 50.6. The second-order valence-electron chi connectivity index (χ2n) is 15.0. The number of hydrogen-bond acceptors (Lipinski definition) is 17. The smallest absolute Gasteiger partial charge is 0.362 e. The molecule has 0 saturated heterocycles. The van der Waals surface area contributed by atoms with Crippen molar-refractivity contribution in [1.82, 2.24) is 12.3 Å². The number of nitro groups is 3. The van der Waals surface area contributed by atoms with Crippen LogP contribution in [0.15, 0.2) is 135 Å². The molecule has 28 heteroatoms. The summed E-state index contributed by atoms with van der Waals surface area (Å²) in [5.41, 5.74) is -1.79. The summed E-state index contributed by atoms with van der Waals surface area (Å²) < 4.78 is 121. The van der Waals surface area contributed by atoms with Crippen LogP contribution < -0.4 is 4.74 Å². The molecule has 69 heavy (non-hydrogen) atoms. The molecule has 5 aromatic carbocycles. The number of amides is 3. The van der Waals surface area contributed by atoms with Crippen LogP contribution in [0.3, 0.4) is 0 Å². The van der Waals surface area contributed by atoms with Crippen LogP contribution in [-0.4, -0.2) is 92.4 Å². The monoisotopic (exact) mass is 1050 g/mol. The highest BCUT2D eigenvalue weighted by molar-refractivity contribution is 8.05. The van der Waals surface area contributed by atoms with Crippen molar-refractivity contribution in [3.63, 3.8) is 0 Å². The molecule has 0 spiro atoms. The molecule has 0 bridgehead atoms. The summed E-state index contributed by atoms with van der Waals surface area (Å²) in [5.74, 6) is -1.23. The number of nitrogens with zero attached hydrogens (tertiary/aromatic N) is 6. The molecule has 0 aliphatic heterocycles. The summed E-state index contributed by atoms with van der Waals surface area (Å²) in [6.45, 7) is -0.671. The number of rotatable bonds is 17. The van der Waals surface area contributed by atoms with E-state index in [4.69, 9.17) is 16.3 Å². The van der Waals surface area contributed by atoms with E-state index in [1.807, 2.05) is 0 Å². The third-order valence-electron chi connectivity index (χ3n) is 10.7. The van der Waals surface area contributed by atoms with E-state index in [1.165, 1.54) is 19.2 Å². The van der Waals surface area contributed by atoms with E-state index in [0.717, 1.165) is 78.9 Å². The van der Waals surface area contributed by atoms with Crippen LogP contribution in [0.4, 0.5) is 21.9 Å². The first-order valence-corrected chi connectivity index (χ1v) is 26.2. The van der Waals surface area contributed by atoms with Crippen molar-refractivity contribution in [3.05, 3.63) is 162 Å². The van der Waals surface area contributed by atoms with Crippen LogP contribution in [0.5, 0.6) is 5.75 Å². The zero-order valence-corrected chi connectivity index (χ0v) is 39.7. The average molecular weight is 1050 g/mol. The minimum atomic E-state index is -5.72. The van der Waals surface area contributed by atoms with Gasteiger partial charge in [0.25, 0.3) is 63.1 Å². The van der Waals surface area contributed by atoms with Crippen molar-refractivity contribution in [2.45, 2.75) is 64.1 Å². The van der Waals surface area contributed by atoms with Gasteiger partial charge < -0.3 is 4.74 Å². The number of nitro benzene ring substituents is 3. The Morgan fingerprint density at radius 2 is 1.00 bits per heavy atom. The second kappa shape index (κ2) is 20.3. The standard InChI is InChI=1S/C41H37ClN6O17S4/c1-65-39-24-9-29(42)27-38(39)40(49)43(66(57,58)34-18-10-31(11-19-34)45(51)52)26-25-28-7-16-36(17-8-28)68(61,62)48(69(63,64)37-22-14-33(15-23-37)47(55)56)41(50)44(30-5-3-2-4-6-30)67(59,60)35-20-12-32(13-21-35)46(53)54/h7-24,27,30H,2-6,25-26H2,1H3. The minimum absolute atomic E-state index is 0.0255. The van der Waals surface area contributed by atoms with Crippen LogP contribution in [0, 0.1) is 30.3 Å². The van der Waals surface area contributed by atoms with Gasteiger partial charge in [0.05, 0.1) is 53.1 Å². The molecule has 0 unspecified atom stereocenters. The van der Waals surface area contributed by atoms with Gasteiger partial charge in [-0.05, 0) is 91.6 Å². The van der Waals surface area contributed by atoms with E-state index in [0.29, 0.717) is 47.8 Å². The predicted octanol–water partition coefficient (Wildman–Crippen LogP) is 6.67. The lowest BCUT2D eigenvalue weighted by Crippen LogP contribution is -2.54. The number of carbonyl (C=O) groups excluding carboxylic acids is 2. The fraction of sp³-hybridized carbons (Fsp3) is 0.220. The van der Waals surface area contributed by atoms with E-state index >= 15 is 0 Å².